The average Bonchev–Trinajstić information content (AvgIpc) is 2.55. The first-order chi connectivity index (χ1) is 11.9. The Bertz CT molecular complexity index is 746. The number of anilines is 1. The molecule has 1 aromatic heterocycles. The van der Waals surface area contributed by atoms with Crippen LogP contribution < -0.4 is 15.8 Å². The second kappa shape index (κ2) is 10.1. The summed E-state index contributed by atoms with van der Waals surface area (Å²) in [4.78, 5) is 14.3. The molecule has 3 N–H and O–H groups in total. The summed E-state index contributed by atoms with van der Waals surface area (Å²) in [5, 5.41) is 11.9. The lowest BCUT2D eigenvalue weighted by Gasteiger charge is -2.06. The number of pyridine rings is 1. The molecular formula is C19H24N4O2. The van der Waals surface area contributed by atoms with Gasteiger partial charge in [-0.05, 0) is 39.4 Å². The van der Waals surface area contributed by atoms with Crippen LogP contribution >= 0.6 is 0 Å². The molecule has 0 saturated heterocycles. The number of aromatic nitrogens is 1. The van der Waals surface area contributed by atoms with Gasteiger partial charge >= 0.3 is 0 Å². The molecule has 0 spiro atoms. The normalized spacial score (nSPS) is 9.56. The van der Waals surface area contributed by atoms with E-state index in [2.05, 4.69) is 42.3 Å². The zero-order chi connectivity index (χ0) is 18.8. The van der Waals surface area contributed by atoms with E-state index in [9.17, 15) is 4.79 Å². The standard InChI is InChI=1S/C10H15N.C9H9N3O2/c1-8-4-9(2)6-10(5-8)7-11-3;1-2-14-9-7(4-10)8(11)3-6(5-13)12-9/h4-6,11H,7H2,1-3H3;3,5H,2H2,1H3,(H2,11,12). The van der Waals surface area contributed by atoms with Gasteiger partial charge in [-0.3, -0.25) is 4.79 Å². The molecule has 0 aliphatic carbocycles. The molecule has 0 aliphatic rings. The summed E-state index contributed by atoms with van der Waals surface area (Å²) in [6.45, 7) is 7.34. The molecule has 0 aliphatic heterocycles. The Hall–Kier alpha value is -2.91. The van der Waals surface area contributed by atoms with E-state index in [1.54, 1.807) is 6.92 Å². The van der Waals surface area contributed by atoms with Crippen LogP contribution in [0.2, 0.25) is 0 Å². The summed E-state index contributed by atoms with van der Waals surface area (Å²) in [5.74, 6) is 0.108. The molecule has 0 radical (unpaired) electrons. The highest BCUT2D eigenvalue weighted by molar-refractivity contribution is 5.76. The molecule has 0 bridgehead atoms. The number of rotatable bonds is 5. The number of aryl methyl sites for hydroxylation is 2. The molecule has 0 fully saturated rings. The van der Waals surface area contributed by atoms with Gasteiger partial charge in [0.15, 0.2) is 6.29 Å². The third-order valence-corrected chi connectivity index (χ3v) is 3.21. The predicted octanol–water partition coefficient (Wildman–Crippen LogP) is 2.77. The minimum atomic E-state index is 0.108. The maximum Gasteiger partial charge on any atom is 0.234 e. The summed E-state index contributed by atoms with van der Waals surface area (Å²) >= 11 is 0. The zero-order valence-electron chi connectivity index (χ0n) is 15.1. The lowest BCUT2D eigenvalue weighted by molar-refractivity contribution is 0.111. The van der Waals surface area contributed by atoms with Crippen LogP contribution in [0.25, 0.3) is 0 Å². The first-order valence-electron chi connectivity index (χ1n) is 7.95. The monoisotopic (exact) mass is 340 g/mol. The molecule has 1 heterocycles. The van der Waals surface area contributed by atoms with Crippen molar-refractivity contribution in [1.29, 1.82) is 5.26 Å². The van der Waals surface area contributed by atoms with Gasteiger partial charge in [0.1, 0.15) is 17.3 Å². The molecule has 0 atom stereocenters. The molecule has 0 saturated carbocycles. The van der Waals surface area contributed by atoms with E-state index >= 15 is 0 Å². The highest BCUT2D eigenvalue weighted by Gasteiger charge is 2.10. The summed E-state index contributed by atoms with van der Waals surface area (Å²) in [5.41, 5.74) is 10.1. The fourth-order valence-electron chi connectivity index (χ4n) is 2.35. The van der Waals surface area contributed by atoms with E-state index in [1.807, 2.05) is 13.1 Å². The van der Waals surface area contributed by atoms with Crippen molar-refractivity contribution in [1.82, 2.24) is 10.3 Å². The molecular weight excluding hydrogens is 316 g/mol. The van der Waals surface area contributed by atoms with Crippen molar-refractivity contribution in [3.63, 3.8) is 0 Å². The van der Waals surface area contributed by atoms with Crippen molar-refractivity contribution in [2.24, 2.45) is 0 Å². The lowest BCUT2D eigenvalue weighted by Crippen LogP contribution is -2.05. The van der Waals surface area contributed by atoms with E-state index in [-0.39, 0.29) is 22.8 Å². The quantitative estimate of drug-likeness (QED) is 0.812. The Morgan fingerprint density at radius 3 is 2.40 bits per heavy atom. The highest BCUT2D eigenvalue weighted by Crippen LogP contribution is 2.21. The van der Waals surface area contributed by atoms with Crippen molar-refractivity contribution in [2.45, 2.75) is 27.3 Å². The minimum Gasteiger partial charge on any atom is -0.477 e. The molecule has 0 unspecified atom stereocenters. The molecule has 25 heavy (non-hydrogen) atoms. The molecule has 6 heteroatoms. The number of nitrogens with zero attached hydrogens (tertiary/aromatic N) is 2. The highest BCUT2D eigenvalue weighted by atomic mass is 16.5. The van der Waals surface area contributed by atoms with Gasteiger partial charge < -0.3 is 15.8 Å². The number of carbonyl (C=O) groups is 1. The van der Waals surface area contributed by atoms with Gasteiger partial charge in [-0.15, -0.1) is 0 Å². The topological polar surface area (TPSA) is 101 Å². The fourth-order valence-corrected chi connectivity index (χ4v) is 2.35. The zero-order valence-corrected chi connectivity index (χ0v) is 15.1. The van der Waals surface area contributed by atoms with Crippen LogP contribution in [-0.4, -0.2) is 24.9 Å². The Morgan fingerprint density at radius 2 is 1.92 bits per heavy atom. The number of carbonyl (C=O) groups excluding carboxylic acids is 1. The van der Waals surface area contributed by atoms with Crippen molar-refractivity contribution in [3.8, 4) is 11.9 Å². The number of hydrogen-bond donors (Lipinski definition) is 2. The number of aldehydes is 1. The predicted molar refractivity (Wildman–Crippen MR) is 98.6 cm³/mol. The third kappa shape index (κ3) is 6.24. The van der Waals surface area contributed by atoms with Gasteiger partial charge in [0.05, 0.1) is 12.3 Å². The second-order valence-electron chi connectivity index (χ2n) is 5.51. The van der Waals surface area contributed by atoms with Crippen LogP contribution in [0, 0.1) is 25.2 Å². The molecule has 6 nitrogen and oxygen atoms in total. The van der Waals surface area contributed by atoms with Crippen LogP contribution in [0.15, 0.2) is 24.3 Å². The molecule has 132 valence electrons. The largest absolute Gasteiger partial charge is 0.477 e. The van der Waals surface area contributed by atoms with Gasteiger partial charge in [0.25, 0.3) is 0 Å². The van der Waals surface area contributed by atoms with E-state index in [1.165, 1.54) is 22.8 Å². The van der Waals surface area contributed by atoms with Crippen LogP contribution in [0.5, 0.6) is 5.88 Å². The number of nitriles is 1. The van der Waals surface area contributed by atoms with E-state index in [0.29, 0.717) is 12.9 Å². The SMILES string of the molecule is CCOc1nc(C=O)cc(N)c1C#N.CNCc1cc(C)cc(C)c1. The second-order valence-corrected chi connectivity index (χ2v) is 5.51. The van der Waals surface area contributed by atoms with Crippen molar-refractivity contribution in [2.75, 3.05) is 19.4 Å². The summed E-state index contributed by atoms with van der Waals surface area (Å²) < 4.78 is 5.08. The van der Waals surface area contributed by atoms with Crippen molar-refractivity contribution >= 4 is 12.0 Å². The minimum absolute atomic E-state index is 0.108. The van der Waals surface area contributed by atoms with Crippen molar-refractivity contribution in [3.05, 3.63) is 52.2 Å². The maximum atomic E-state index is 10.5. The Balaban J connectivity index is 0.000000257. The Morgan fingerprint density at radius 1 is 1.28 bits per heavy atom. The summed E-state index contributed by atoms with van der Waals surface area (Å²) in [6, 6.07) is 9.83. The fraction of sp³-hybridized carbons (Fsp3) is 0.316. The Kier molecular flexibility index (Phi) is 8.10. The van der Waals surface area contributed by atoms with E-state index in [0.717, 1.165) is 6.54 Å². The van der Waals surface area contributed by atoms with Gasteiger partial charge in [0, 0.05) is 6.54 Å². The number of ether oxygens (including phenoxy) is 1. The molecule has 2 aromatic rings. The van der Waals surface area contributed by atoms with Crippen molar-refractivity contribution < 1.29 is 9.53 Å². The number of nitrogen functional groups attached to an aromatic ring is 1. The van der Waals surface area contributed by atoms with Crippen LogP contribution in [0.4, 0.5) is 5.69 Å². The first-order valence-corrected chi connectivity index (χ1v) is 7.95. The van der Waals surface area contributed by atoms with Crippen LogP contribution in [-0.2, 0) is 6.54 Å². The van der Waals surface area contributed by atoms with Gasteiger partial charge in [-0.25, -0.2) is 4.98 Å². The van der Waals surface area contributed by atoms with Gasteiger partial charge in [0.2, 0.25) is 5.88 Å². The lowest BCUT2D eigenvalue weighted by atomic mass is 10.1. The average molecular weight is 340 g/mol. The van der Waals surface area contributed by atoms with E-state index < -0.39 is 0 Å². The van der Waals surface area contributed by atoms with E-state index in [4.69, 9.17) is 15.7 Å². The Labute approximate surface area is 148 Å². The van der Waals surface area contributed by atoms with Crippen LogP contribution in [0.1, 0.15) is 39.7 Å². The number of nitrogens with two attached hydrogens (primary N) is 1. The van der Waals surface area contributed by atoms with Gasteiger partial charge in [-0.1, -0.05) is 29.3 Å². The number of benzene rings is 1. The van der Waals surface area contributed by atoms with Gasteiger partial charge in [-0.2, -0.15) is 5.26 Å². The number of nitrogens with one attached hydrogen (secondary N) is 1. The molecule has 1 aromatic carbocycles. The molecule has 0 amide bonds. The molecule has 2 rings (SSSR count). The first kappa shape index (κ1) is 20.1. The summed E-state index contributed by atoms with van der Waals surface area (Å²) in [7, 11) is 1.97. The smallest absolute Gasteiger partial charge is 0.234 e. The van der Waals surface area contributed by atoms with Crippen LogP contribution in [0.3, 0.4) is 0 Å². The third-order valence-electron chi connectivity index (χ3n) is 3.21. The number of hydrogen-bond acceptors (Lipinski definition) is 6. The maximum absolute atomic E-state index is 10.5. The summed E-state index contributed by atoms with van der Waals surface area (Å²) in [6.07, 6.45) is 0.556.